The molecule has 4 heteroatoms. The normalized spacial score (nSPS) is 23.2. The first-order valence-electron chi connectivity index (χ1n) is 7.34. The molecule has 2 rings (SSSR count). The van der Waals surface area contributed by atoms with E-state index in [2.05, 4.69) is 0 Å². The van der Waals surface area contributed by atoms with Gasteiger partial charge in [-0.1, -0.05) is 24.3 Å². The zero-order valence-corrected chi connectivity index (χ0v) is 13.1. The number of carbonyl (C=O) groups is 2. The summed E-state index contributed by atoms with van der Waals surface area (Å²) in [5, 5.41) is 9.59. The number of amides is 1. The third kappa shape index (κ3) is 2.94. The van der Waals surface area contributed by atoms with Crippen LogP contribution in [0.5, 0.6) is 0 Å². The van der Waals surface area contributed by atoms with Gasteiger partial charge in [0.25, 0.3) is 0 Å². The van der Waals surface area contributed by atoms with E-state index in [1.54, 1.807) is 4.90 Å². The average Bonchev–Trinajstić information content (AvgIpc) is 2.37. The predicted octanol–water partition coefficient (Wildman–Crippen LogP) is 3.16. The molecule has 0 radical (unpaired) electrons. The summed E-state index contributed by atoms with van der Waals surface area (Å²) >= 11 is 0. The van der Waals surface area contributed by atoms with Gasteiger partial charge in [-0.25, -0.2) is 0 Å². The van der Waals surface area contributed by atoms with E-state index < -0.39 is 23.5 Å². The molecule has 1 N–H and O–H groups in total. The van der Waals surface area contributed by atoms with Gasteiger partial charge in [-0.3, -0.25) is 9.59 Å². The summed E-state index contributed by atoms with van der Waals surface area (Å²) in [6.45, 7) is 7.84. The monoisotopic (exact) mass is 289 g/mol. The largest absolute Gasteiger partial charge is 0.481 e. The topological polar surface area (TPSA) is 57.6 Å². The van der Waals surface area contributed by atoms with E-state index in [9.17, 15) is 14.7 Å². The van der Waals surface area contributed by atoms with Crippen molar-refractivity contribution < 1.29 is 14.7 Å². The van der Waals surface area contributed by atoms with Crippen molar-refractivity contribution in [1.29, 1.82) is 0 Å². The Kier molecular flexibility index (Phi) is 4.08. The van der Waals surface area contributed by atoms with E-state index in [-0.39, 0.29) is 5.91 Å². The quantitative estimate of drug-likeness (QED) is 0.910. The molecule has 0 aliphatic carbocycles. The van der Waals surface area contributed by atoms with Crippen molar-refractivity contribution in [2.75, 3.05) is 0 Å². The summed E-state index contributed by atoms with van der Waals surface area (Å²) < 4.78 is 0. The van der Waals surface area contributed by atoms with E-state index in [1.807, 2.05) is 52.0 Å². The van der Waals surface area contributed by atoms with Crippen LogP contribution in [0.2, 0.25) is 0 Å². The lowest BCUT2D eigenvalue weighted by atomic mass is 9.80. The molecule has 1 aliphatic rings. The second-order valence-corrected chi connectivity index (χ2v) is 6.72. The number of benzene rings is 1. The van der Waals surface area contributed by atoms with Crippen LogP contribution >= 0.6 is 0 Å². The molecule has 114 valence electrons. The Balaban J connectivity index is 2.58. The van der Waals surface area contributed by atoms with Crippen molar-refractivity contribution in [3.63, 3.8) is 0 Å². The van der Waals surface area contributed by atoms with Gasteiger partial charge < -0.3 is 10.0 Å². The lowest BCUT2D eigenvalue weighted by molar-refractivity contribution is -0.156. The van der Waals surface area contributed by atoms with Crippen LogP contribution in [0.15, 0.2) is 24.3 Å². The molecule has 1 aromatic rings. The maximum Gasteiger partial charge on any atom is 0.308 e. The molecular weight excluding hydrogens is 266 g/mol. The fourth-order valence-electron chi connectivity index (χ4n) is 3.22. The van der Waals surface area contributed by atoms with Crippen molar-refractivity contribution in [3.8, 4) is 0 Å². The van der Waals surface area contributed by atoms with Gasteiger partial charge in [-0.15, -0.1) is 0 Å². The first-order chi connectivity index (χ1) is 9.73. The van der Waals surface area contributed by atoms with Gasteiger partial charge in [0, 0.05) is 12.0 Å². The van der Waals surface area contributed by atoms with Gasteiger partial charge in [-0.2, -0.15) is 0 Å². The fraction of sp³-hybridized carbons (Fsp3) is 0.529. The minimum atomic E-state index is -0.829. The van der Waals surface area contributed by atoms with Crippen molar-refractivity contribution in [1.82, 2.24) is 4.90 Å². The van der Waals surface area contributed by atoms with E-state index in [1.165, 1.54) is 0 Å². The second kappa shape index (κ2) is 5.51. The number of carboxylic acids is 1. The van der Waals surface area contributed by atoms with Crippen molar-refractivity contribution in [3.05, 3.63) is 35.4 Å². The number of carboxylic acid groups (broad SMARTS) is 1. The number of hydrogen-bond donors (Lipinski definition) is 1. The molecule has 21 heavy (non-hydrogen) atoms. The molecule has 1 saturated heterocycles. The third-order valence-electron chi connectivity index (χ3n) is 4.14. The molecule has 2 unspecified atom stereocenters. The SMILES string of the molecule is Cc1ccccc1C1C(C(=O)O)CCC(=O)N1C(C)(C)C. The van der Waals surface area contributed by atoms with Crippen LogP contribution in [0.3, 0.4) is 0 Å². The minimum Gasteiger partial charge on any atom is -0.481 e. The molecular formula is C17H23NO3. The summed E-state index contributed by atoms with van der Waals surface area (Å²) in [6.07, 6.45) is 0.705. The number of aryl methyl sites for hydroxylation is 1. The van der Waals surface area contributed by atoms with Crippen LogP contribution < -0.4 is 0 Å². The number of aliphatic carboxylic acids is 1. The van der Waals surface area contributed by atoms with Crippen molar-refractivity contribution >= 4 is 11.9 Å². The van der Waals surface area contributed by atoms with Crippen LogP contribution in [0, 0.1) is 12.8 Å². The molecule has 0 spiro atoms. The van der Waals surface area contributed by atoms with Crippen LogP contribution in [-0.4, -0.2) is 27.4 Å². The van der Waals surface area contributed by atoms with Gasteiger partial charge in [-0.05, 0) is 45.2 Å². The van der Waals surface area contributed by atoms with Crippen molar-refractivity contribution in [2.45, 2.75) is 52.1 Å². The second-order valence-electron chi connectivity index (χ2n) is 6.72. The van der Waals surface area contributed by atoms with Crippen LogP contribution in [-0.2, 0) is 9.59 Å². The maximum absolute atomic E-state index is 12.4. The van der Waals surface area contributed by atoms with E-state index in [4.69, 9.17) is 0 Å². The van der Waals surface area contributed by atoms with Crippen LogP contribution in [0.1, 0.15) is 50.8 Å². The van der Waals surface area contributed by atoms with Gasteiger partial charge in [0.05, 0.1) is 12.0 Å². The average molecular weight is 289 g/mol. The van der Waals surface area contributed by atoms with Crippen LogP contribution in [0.4, 0.5) is 0 Å². The van der Waals surface area contributed by atoms with Gasteiger partial charge in [0.2, 0.25) is 5.91 Å². The summed E-state index contributed by atoms with van der Waals surface area (Å²) in [7, 11) is 0. The Hall–Kier alpha value is -1.84. The first-order valence-corrected chi connectivity index (χ1v) is 7.34. The first kappa shape index (κ1) is 15.5. The maximum atomic E-state index is 12.4. The summed E-state index contributed by atoms with van der Waals surface area (Å²) in [5.41, 5.74) is 1.56. The highest BCUT2D eigenvalue weighted by Gasteiger charge is 2.45. The highest BCUT2D eigenvalue weighted by Crippen LogP contribution is 2.41. The molecule has 4 nitrogen and oxygen atoms in total. The Morgan fingerprint density at radius 2 is 1.90 bits per heavy atom. The highest BCUT2D eigenvalue weighted by molar-refractivity contribution is 5.82. The molecule has 1 amide bonds. The molecule has 1 heterocycles. The lowest BCUT2D eigenvalue weighted by Gasteiger charge is -2.47. The lowest BCUT2D eigenvalue weighted by Crippen LogP contribution is -2.54. The van der Waals surface area contributed by atoms with Crippen molar-refractivity contribution in [2.24, 2.45) is 5.92 Å². The van der Waals surface area contributed by atoms with Gasteiger partial charge in [0.15, 0.2) is 0 Å². The van der Waals surface area contributed by atoms with E-state index in [0.717, 1.165) is 11.1 Å². The Bertz CT molecular complexity index is 559. The molecule has 2 atom stereocenters. The smallest absolute Gasteiger partial charge is 0.308 e. The number of likely N-dealkylation sites (tertiary alicyclic amines) is 1. The minimum absolute atomic E-state index is 0.0354. The number of rotatable bonds is 2. The fourth-order valence-corrected chi connectivity index (χ4v) is 3.22. The zero-order chi connectivity index (χ0) is 15.8. The third-order valence-corrected chi connectivity index (χ3v) is 4.14. The standard InChI is InChI=1S/C17H23NO3/c1-11-7-5-6-8-12(11)15-13(16(20)21)9-10-14(19)18(15)17(2,3)4/h5-8,13,15H,9-10H2,1-4H3,(H,20,21). The van der Waals surface area contributed by atoms with Gasteiger partial charge >= 0.3 is 5.97 Å². The Morgan fingerprint density at radius 1 is 1.29 bits per heavy atom. The number of nitrogens with zero attached hydrogens (tertiary/aromatic N) is 1. The Morgan fingerprint density at radius 3 is 2.43 bits per heavy atom. The molecule has 1 aromatic carbocycles. The van der Waals surface area contributed by atoms with Gasteiger partial charge in [0.1, 0.15) is 0 Å². The zero-order valence-electron chi connectivity index (χ0n) is 13.1. The predicted molar refractivity (Wildman–Crippen MR) is 80.9 cm³/mol. The van der Waals surface area contributed by atoms with E-state index in [0.29, 0.717) is 12.8 Å². The molecule has 1 aliphatic heterocycles. The molecule has 0 aromatic heterocycles. The van der Waals surface area contributed by atoms with Crippen LogP contribution in [0.25, 0.3) is 0 Å². The molecule has 0 bridgehead atoms. The summed E-state index contributed by atoms with van der Waals surface area (Å²) in [6, 6.07) is 7.34. The van der Waals surface area contributed by atoms with E-state index >= 15 is 0 Å². The summed E-state index contributed by atoms with van der Waals surface area (Å²) in [4.78, 5) is 25.9. The number of hydrogen-bond acceptors (Lipinski definition) is 2. The number of carbonyl (C=O) groups excluding carboxylic acids is 1. The Labute approximate surface area is 125 Å². The highest BCUT2D eigenvalue weighted by atomic mass is 16.4. The molecule has 0 saturated carbocycles. The molecule has 1 fully saturated rings. The summed E-state index contributed by atoms with van der Waals surface area (Å²) in [5.74, 6) is -1.35. The number of piperidine rings is 1.